The second kappa shape index (κ2) is 9.98. The van der Waals surface area contributed by atoms with Crippen molar-refractivity contribution in [1.29, 1.82) is 0 Å². The zero-order valence-corrected chi connectivity index (χ0v) is 18.0. The number of carbonyl (C=O) groups is 1. The summed E-state index contributed by atoms with van der Waals surface area (Å²) in [6.07, 6.45) is 1.62. The number of hydrogen-bond acceptors (Lipinski definition) is 6. The molecule has 0 radical (unpaired) electrons. The van der Waals surface area contributed by atoms with Crippen LogP contribution in [0.1, 0.15) is 21.5 Å². The van der Waals surface area contributed by atoms with Crippen LogP contribution in [-0.2, 0) is 17.1 Å². The van der Waals surface area contributed by atoms with Gasteiger partial charge in [-0.05, 0) is 71.5 Å². The molecular weight excluding hydrogens is 412 g/mol. The van der Waals surface area contributed by atoms with Gasteiger partial charge >= 0.3 is 0 Å². The Kier molecular flexibility index (Phi) is 6.89. The Hall–Kier alpha value is -2.84. The topological polar surface area (TPSA) is 71.0 Å². The first-order chi connectivity index (χ1) is 15.2. The molecule has 0 aromatic heterocycles. The van der Waals surface area contributed by atoms with Crippen molar-refractivity contribution in [2.24, 2.45) is 0 Å². The Balaban J connectivity index is 1.33. The van der Waals surface area contributed by atoms with Crippen LogP contribution in [0.5, 0.6) is 5.75 Å². The highest BCUT2D eigenvalue weighted by Crippen LogP contribution is 2.27. The summed E-state index contributed by atoms with van der Waals surface area (Å²) in [4.78, 5) is 12.7. The molecule has 160 valence electrons. The lowest BCUT2D eigenvalue weighted by atomic mass is 10.00. The van der Waals surface area contributed by atoms with Crippen LogP contribution in [0.2, 0.25) is 0 Å². The molecule has 4 rings (SSSR count). The molecule has 0 fully saturated rings. The molecule has 1 amide bonds. The first-order valence-corrected chi connectivity index (χ1v) is 10.8. The largest absolute Gasteiger partial charge is 0.497 e. The second-order valence-corrected chi connectivity index (χ2v) is 8.05. The minimum Gasteiger partial charge on any atom is -0.497 e. The smallest absolute Gasteiger partial charge is 0.274 e. The van der Waals surface area contributed by atoms with Crippen molar-refractivity contribution < 1.29 is 19.0 Å². The molecule has 0 saturated heterocycles. The predicted octanol–water partition coefficient (Wildman–Crippen LogP) is 4.52. The summed E-state index contributed by atoms with van der Waals surface area (Å²) in [5.41, 5.74) is 6.74. The quantitative estimate of drug-likeness (QED) is 0.336. The third kappa shape index (κ3) is 5.26. The maximum atomic E-state index is 11.6. The fourth-order valence-electron chi connectivity index (χ4n) is 3.57. The third-order valence-electron chi connectivity index (χ3n) is 5.35. The van der Waals surface area contributed by atoms with E-state index in [1.165, 1.54) is 17.6 Å². The van der Waals surface area contributed by atoms with Gasteiger partial charge in [0.1, 0.15) is 5.75 Å². The van der Waals surface area contributed by atoms with Gasteiger partial charge in [0.2, 0.25) is 0 Å². The molecule has 3 aromatic carbocycles. The molecule has 0 unspecified atom stereocenters. The first kappa shape index (κ1) is 21.4. The van der Waals surface area contributed by atoms with Crippen molar-refractivity contribution >= 4 is 17.9 Å². The third-order valence-corrected chi connectivity index (χ3v) is 6.10. The number of carbonyl (C=O) groups excluding carboxylic acids is 1. The molecule has 1 heterocycles. The second-order valence-electron chi connectivity index (χ2n) is 7.26. The van der Waals surface area contributed by atoms with Gasteiger partial charge in [0.15, 0.2) is 0 Å². The molecule has 0 atom stereocenters. The number of rotatable bonds is 6. The summed E-state index contributed by atoms with van der Waals surface area (Å²) in [5, 5.41) is 10.8. The Morgan fingerprint density at radius 3 is 2.23 bits per heavy atom. The van der Waals surface area contributed by atoms with E-state index in [0.29, 0.717) is 5.56 Å². The molecular formula is C24H24N2O4S. The summed E-state index contributed by atoms with van der Waals surface area (Å²) < 4.78 is 11.2. The van der Waals surface area contributed by atoms with Crippen LogP contribution in [0.15, 0.2) is 71.6 Å². The van der Waals surface area contributed by atoms with E-state index in [4.69, 9.17) is 14.2 Å². The van der Waals surface area contributed by atoms with Gasteiger partial charge < -0.3 is 4.74 Å². The van der Waals surface area contributed by atoms with E-state index in [1.807, 2.05) is 41.5 Å². The number of ether oxygens (including phenoxy) is 1. The highest BCUT2D eigenvalue weighted by Gasteiger charge is 2.17. The van der Waals surface area contributed by atoms with Gasteiger partial charge in [0.25, 0.3) is 5.91 Å². The van der Waals surface area contributed by atoms with Crippen molar-refractivity contribution in [2.75, 3.05) is 20.2 Å². The number of fused-ring (bicyclic) bond motifs is 1. The minimum absolute atomic E-state index is 0.460. The number of nitrogens with zero attached hydrogens (tertiary/aromatic N) is 1. The van der Waals surface area contributed by atoms with Gasteiger partial charge in [-0.25, -0.2) is 9.76 Å². The molecule has 0 aliphatic carbocycles. The van der Waals surface area contributed by atoms with E-state index >= 15 is 0 Å². The molecule has 0 saturated carbocycles. The highest BCUT2D eigenvalue weighted by atomic mass is 32.2. The fourth-order valence-corrected chi connectivity index (χ4v) is 4.15. The van der Waals surface area contributed by atoms with Gasteiger partial charge in [-0.1, -0.05) is 30.3 Å². The van der Waals surface area contributed by atoms with Crippen molar-refractivity contribution in [3.05, 3.63) is 83.4 Å². The van der Waals surface area contributed by atoms with Gasteiger partial charge in [-0.15, -0.1) is 0 Å². The van der Waals surface area contributed by atoms with Crippen LogP contribution < -0.4 is 10.2 Å². The zero-order chi connectivity index (χ0) is 21.6. The van der Waals surface area contributed by atoms with Gasteiger partial charge in [-0.2, -0.15) is 5.06 Å². The summed E-state index contributed by atoms with van der Waals surface area (Å²) in [6.45, 7) is 1.50. The van der Waals surface area contributed by atoms with Crippen LogP contribution in [-0.4, -0.2) is 36.4 Å². The highest BCUT2D eigenvalue weighted by molar-refractivity contribution is 7.94. The lowest BCUT2D eigenvalue weighted by molar-refractivity contribution is -0.0328. The predicted molar refractivity (Wildman–Crippen MR) is 120 cm³/mol. The number of amides is 1. The van der Waals surface area contributed by atoms with E-state index in [9.17, 15) is 4.79 Å². The van der Waals surface area contributed by atoms with E-state index in [0.717, 1.165) is 53.3 Å². The molecule has 2 N–H and O–H groups in total. The van der Waals surface area contributed by atoms with Crippen molar-refractivity contribution in [2.45, 2.75) is 17.7 Å². The van der Waals surface area contributed by atoms with Crippen molar-refractivity contribution in [3.63, 3.8) is 0 Å². The molecule has 3 aromatic rings. The zero-order valence-electron chi connectivity index (χ0n) is 17.2. The number of hydroxylamine groups is 3. The lowest BCUT2D eigenvalue weighted by Gasteiger charge is -2.17. The Bertz CT molecular complexity index is 1040. The van der Waals surface area contributed by atoms with Gasteiger partial charge in [-0.3, -0.25) is 10.0 Å². The Morgan fingerprint density at radius 2 is 1.58 bits per heavy atom. The minimum atomic E-state index is -0.492. The van der Waals surface area contributed by atoms with Crippen molar-refractivity contribution in [1.82, 2.24) is 10.5 Å². The normalized spacial score (nSPS) is 13.9. The maximum absolute atomic E-state index is 11.6. The number of benzene rings is 3. The van der Waals surface area contributed by atoms with E-state index in [2.05, 4.69) is 24.3 Å². The van der Waals surface area contributed by atoms with E-state index in [-0.39, 0.29) is 0 Å². The lowest BCUT2D eigenvalue weighted by Crippen LogP contribution is -2.24. The average Bonchev–Trinajstić information content (AvgIpc) is 3.04. The molecule has 0 spiro atoms. The van der Waals surface area contributed by atoms with Crippen molar-refractivity contribution in [3.8, 4) is 16.9 Å². The monoisotopic (exact) mass is 436 g/mol. The molecule has 1 aliphatic rings. The summed E-state index contributed by atoms with van der Waals surface area (Å²) in [7, 11) is 1.66. The molecule has 1 aliphatic heterocycles. The summed E-state index contributed by atoms with van der Waals surface area (Å²) in [6, 6.07) is 21.8. The van der Waals surface area contributed by atoms with E-state index in [1.54, 1.807) is 18.7 Å². The number of methoxy groups -OCH3 is 1. The SMILES string of the molecule is COc1ccc(-c2ccc(SON3CCc4ccc(C(=O)NO)cc4CC3)cc2)cc1. The molecule has 0 bridgehead atoms. The Labute approximate surface area is 185 Å². The van der Waals surface area contributed by atoms with Gasteiger partial charge in [0, 0.05) is 23.5 Å². The molecule has 7 heteroatoms. The van der Waals surface area contributed by atoms with Crippen LogP contribution in [0, 0.1) is 0 Å². The maximum Gasteiger partial charge on any atom is 0.274 e. The number of nitrogens with one attached hydrogen (secondary N) is 1. The van der Waals surface area contributed by atoms with Crippen LogP contribution in [0.25, 0.3) is 11.1 Å². The molecule has 6 nitrogen and oxygen atoms in total. The van der Waals surface area contributed by atoms with Crippen LogP contribution in [0.4, 0.5) is 0 Å². The summed E-state index contributed by atoms with van der Waals surface area (Å²) in [5.74, 6) is 0.352. The molecule has 31 heavy (non-hydrogen) atoms. The summed E-state index contributed by atoms with van der Waals surface area (Å²) >= 11 is 1.35. The number of hydrogen-bond donors (Lipinski definition) is 2. The van der Waals surface area contributed by atoms with Crippen LogP contribution >= 0.6 is 12.0 Å². The first-order valence-electron chi connectivity index (χ1n) is 10.1. The average molecular weight is 437 g/mol. The Morgan fingerprint density at radius 1 is 0.935 bits per heavy atom. The van der Waals surface area contributed by atoms with Gasteiger partial charge in [0.05, 0.1) is 19.2 Å². The fraction of sp³-hybridized carbons (Fsp3) is 0.208. The van der Waals surface area contributed by atoms with Crippen LogP contribution in [0.3, 0.4) is 0 Å². The standard InChI is InChI=1S/C24H24N2O4S/c1-29-22-8-4-17(5-9-22)18-6-10-23(11-7-18)31-30-26-14-12-19-2-3-21(24(27)25-28)16-20(19)13-15-26/h2-11,16,28H,12-15H2,1H3,(H,25,27). The van der Waals surface area contributed by atoms with E-state index < -0.39 is 5.91 Å².